The van der Waals surface area contributed by atoms with Crippen molar-refractivity contribution >= 4 is 12.0 Å². The molecule has 94 valence electrons. The predicted octanol–water partition coefficient (Wildman–Crippen LogP) is 1.30. The van der Waals surface area contributed by atoms with E-state index in [1.54, 1.807) is 14.0 Å². The molecule has 0 spiro atoms. The minimum atomic E-state index is -1.08. The van der Waals surface area contributed by atoms with Crippen molar-refractivity contribution in [2.45, 2.75) is 25.9 Å². The summed E-state index contributed by atoms with van der Waals surface area (Å²) in [7, 11) is 1.68. The monoisotopic (exact) mass is 240 g/mol. The molecule has 2 heterocycles. The first-order chi connectivity index (χ1) is 8.11. The van der Waals surface area contributed by atoms with E-state index in [1.165, 1.54) is 0 Å². The molecule has 0 aromatic carbocycles. The highest BCUT2D eigenvalue weighted by Gasteiger charge is 2.25. The number of carboxylic acids is 1. The van der Waals surface area contributed by atoms with Gasteiger partial charge in [-0.15, -0.1) is 0 Å². The number of rotatable bonds is 3. The SMILES string of the molecule is COC1CCCN(c2nc(C)c(C(=O)O)o2)C1. The summed E-state index contributed by atoms with van der Waals surface area (Å²) in [6, 6.07) is 0.377. The number of methoxy groups -OCH3 is 1. The maximum Gasteiger partial charge on any atom is 0.373 e. The first kappa shape index (κ1) is 11.9. The van der Waals surface area contributed by atoms with E-state index >= 15 is 0 Å². The van der Waals surface area contributed by atoms with Gasteiger partial charge in [0.25, 0.3) is 6.01 Å². The molecule has 6 heteroatoms. The summed E-state index contributed by atoms with van der Waals surface area (Å²) in [5.41, 5.74) is 0.409. The number of carboxylic acid groups (broad SMARTS) is 1. The quantitative estimate of drug-likeness (QED) is 0.858. The Hall–Kier alpha value is -1.56. The largest absolute Gasteiger partial charge is 0.475 e. The van der Waals surface area contributed by atoms with Crippen LogP contribution in [-0.2, 0) is 4.74 Å². The van der Waals surface area contributed by atoms with Crippen LogP contribution in [0.1, 0.15) is 29.1 Å². The molecule has 1 N–H and O–H groups in total. The molecule has 1 aliphatic rings. The van der Waals surface area contributed by atoms with Gasteiger partial charge in [0.1, 0.15) is 0 Å². The van der Waals surface area contributed by atoms with Crippen LogP contribution >= 0.6 is 0 Å². The van der Waals surface area contributed by atoms with Crippen LogP contribution in [0.5, 0.6) is 0 Å². The number of hydrogen-bond donors (Lipinski definition) is 1. The molecule has 0 amide bonds. The van der Waals surface area contributed by atoms with E-state index in [0.29, 0.717) is 18.3 Å². The Morgan fingerprint density at radius 1 is 1.65 bits per heavy atom. The van der Waals surface area contributed by atoms with E-state index in [0.717, 1.165) is 19.4 Å². The van der Waals surface area contributed by atoms with Gasteiger partial charge in [0.05, 0.1) is 11.8 Å². The highest BCUT2D eigenvalue weighted by atomic mass is 16.5. The normalized spacial score (nSPS) is 20.6. The van der Waals surface area contributed by atoms with Crippen LogP contribution in [-0.4, -0.2) is 42.4 Å². The van der Waals surface area contributed by atoms with Crippen molar-refractivity contribution in [1.82, 2.24) is 4.98 Å². The lowest BCUT2D eigenvalue weighted by molar-refractivity contribution is 0.0660. The Bertz CT molecular complexity index is 416. The van der Waals surface area contributed by atoms with Gasteiger partial charge in [-0.1, -0.05) is 0 Å². The van der Waals surface area contributed by atoms with Gasteiger partial charge in [0, 0.05) is 20.2 Å². The van der Waals surface area contributed by atoms with Gasteiger partial charge < -0.3 is 19.2 Å². The van der Waals surface area contributed by atoms with Crippen molar-refractivity contribution in [2.24, 2.45) is 0 Å². The lowest BCUT2D eigenvalue weighted by Crippen LogP contribution is -2.39. The number of aryl methyl sites for hydroxylation is 1. The Morgan fingerprint density at radius 2 is 2.41 bits per heavy atom. The average molecular weight is 240 g/mol. The fourth-order valence-electron chi connectivity index (χ4n) is 2.02. The van der Waals surface area contributed by atoms with Gasteiger partial charge in [-0.3, -0.25) is 0 Å². The number of nitrogens with zero attached hydrogens (tertiary/aromatic N) is 2. The minimum absolute atomic E-state index is 0.0838. The highest BCUT2D eigenvalue weighted by Crippen LogP contribution is 2.23. The van der Waals surface area contributed by atoms with E-state index in [-0.39, 0.29) is 11.9 Å². The second-order valence-corrected chi connectivity index (χ2v) is 4.16. The van der Waals surface area contributed by atoms with Crippen LogP contribution in [0.2, 0.25) is 0 Å². The average Bonchev–Trinajstić information content (AvgIpc) is 2.71. The first-order valence-electron chi connectivity index (χ1n) is 5.60. The third kappa shape index (κ3) is 2.41. The molecule has 1 atom stereocenters. The van der Waals surface area contributed by atoms with E-state index in [9.17, 15) is 4.79 Å². The number of oxazole rings is 1. The van der Waals surface area contributed by atoms with E-state index in [1.807, 2.05) is 4.90 Å². The van der Waals surface area contributed by atoms with Gasteiger partial charge in [-0.25, -0.2) is 4.79 Å². The summed E-state index contributed by atoms with van der Waals surface area (Å²) in [6.45, 7) is 3.14. The molecule has 0 bridgehead atoms. The van der Waals surface area contributed by atoms with Crippen molar-refractivity contribution < 1.29 is 19.1 Å². The second kappa shape index (κ2) is 4.75. The third-order valence-electron chi connectivity index (χ3n) is 2.96. The molecular weight excluding hydrogens is 224 g/mol. The summed E-state index contributed by atoms with van der Waals surface area (Å²) in [4.78, 5) is 16.9. The molecule has 1 fully saturated rings. The molecule has 0 radical (unpaired) electrons. The standard InChI is InChI=1S/C11H16N2O4/c1-7-9(10(14)15)17-11(12-7)13-5-3-4-8(6-13)16-2/h8H,3-6H2,1-2H3,(H,14,15). The van der Waals surface area contributed by atoms with Crippen molar-refractivity contribution in [2.75, 3.05) is 25.1 Å². The number of anilines is 1. The minimum Gasteiger partial charge on any atom is -0.475 e. The smallest absolute Gasteiger partial charge is 0.373 e. The van der Waals surface area contributed by atoms with Gasteiger partial charge in [0.2, 0.25) is 5.76 Å². The highest BCUT2D eigenvalue weighted by molar-refractivity contribution is 5.85. The summed E-state index contributed by atoms with van der Waals surface area (Å²) in [6.07, 6.45) is 2.16. The van der Waals surface area contributed by atoms with Crippen LogP contribution < -0.4 is 4.90 Å². The third-order valence-corrected chi connectivity index (χ3v) is 2.96. The Balaban J connectivity index is 2.16. The van der Waals surface area contributed by atoms with Crippen molar-refractivity contribution in [3.8, 4) is 0 Å². The molecule has 1 aromatic rings. The molecule has 1 unspecified atom stereocenters. The van der Waals surface area contributed by atoms with Gasteiger partial charge >= 0.3 is 5.97 Å². The number of aromatic nitrogens is 1. The van der Waals surface area contributed by atoms with Crippen molar-refractivity contribution in [1.29, 1.82) is 0 Å². The Kier molecular flexibility index (Phi) is 3.33. The molecule has 1 aliphatic heterocycles. The summed E-state index contributed by atoms with van der Waals surface area (Å²) >= 11 is 0. The first-order valence-corrected chi connectivity index (χ1v) is 5.60. The van der Waals surface area contributed by atoms with Gasteiger partial charge in [-0.2, -0.15) is 4.98 Å². The Labute approximate surface area is 99.2 Å². The van der Waals surface area contributed by atoms with Crippen molar-refractivity contribution in [3.63, 3.8) is 0 Å². The molecule has 1 saturated heterocycles. The fraction of sp³-hybridized carbons (Fsp3) is 0.636. The summed E-state index contributed by atoms with van der Waals surface area (Å²) < 4.78 is 10.6. The molecular formula is C11H16N2O4. The maximum atomic E-state index is 10.9. The lowest BCUT2D eigenvalue weighted by Gasteiger charge is -2.30. The van der Waals surface area contributed by atoms with Crippen LogP contribution in [0.3, 0.4) is 0 Å². The second-order valence-electron chi connectivity index (χ2n) is 4.16. The van der Waals surface area contributed by atoms with Gasteiger partial charge in [0.15, 0.2) is 0 Å². The molecule has 1 aromatic heterocycles. The number of aromatic carboxylic acids is 1. The van der Waals surface area contributed by atoms with E-state index in [4.69, 9.17) is 14.3 Å². The fourth-order valence-corrected chi connectivity index (χ4v) is 2.02. The molecule has 17 heavy (non-hydrogen) atoms. The number of hydrogen-bond acceptors (Lipinski definition) is 5. The number of carbonyl (C=O) groups is 1. The van der Waals surface area contributed by atoms with Crippen LogP contribution in [0.25, 0.3) is 0 Å². The topological polar surface area (TPSA) is 75.8 Å². The zero-order chi connectivity index (χ0) is 12.4. The Morgan fingerprint density at radius 3 is 3.00 bits per heavy atom. The van der Waals surface area contributed by atoms with E-state index in [2.05, 4.69) is 4.98 Å². The summed E-state index contributed by atoms with van der Waals surface area (Å²) in [5, 5.41) is 8.90. The van der Waals surface area contributed by atoms with Crippen LogP contribution in [0.15, 0.2) is 4.42 Å². The molecule has 6 nitrogen and oxygen atoms in total. The number of piperidine rings is 1. The zero-order valence-electron chi connectivity index (χ0n) is 9.97. The van der Waals surface area contributed by atoms with Crippen LogP contribution in [0, 0.1) is 6.92 Å². The molecule has 2 rings (SSSR count). The van der Waals surface area contributed by atoms with Gasteiger partial charge in [-0.05, 0) is 19.8 Å². The summed E-state index contributed by atoms with van der Waals surface area (Å²) in [5.74, 6) is -1.17. The zero-order valence-corrected chi connectivity index (χ0v) is 9.97. The van der Waals surface area contributed by atoms with Crippen molar-refractivity contribution in [3.05, 3.63) is 11.5 Å². The van der Waals surface area contributed by atoms with E-state index < -0.39 is 5.97 Å². The molecule has 0 saturated carbocycles. The predicted molar refractivity (Wildman–Crippen MR) is 60.4 cm³/mol. The molecule has 0 aliphatic carbocycles. The number of ether oxygens (including phenoxy) is 1. The maximum absolute atomic E-state index is 10.9. The van der Waals surface area contributed by atoms with Crippen LogP contribution in [0.4, 0.5) is 6.01 Å². The lowest BCUT2D eigenvalue weighted by atomic mass is 10.1.